The molecule has 1 amide bonds. The molecule has 1 aliphatic rings. The topological polar surface area (TPSA) is 41.6 Å². The Bertz CT molecular complexity index is 392. The number of carbonyl (C=O) groups is 1. The predicted molar refractivity (Wildman–Crippen MR) is 70.0 cm³/mol. The number of nitrogens with zero attached hydrogens (tertiary/aromatic N) is 1. The SMILES string of the molecule is CC(C)OCCN1CNC(c2ccccc2)C1=O. The molecule has 98 valence electrons. The number of nitrogens with one attached hydrogen (secondary N) is 1. The minimum atomic E-state index is -0.203. The first kappa shape index (κ1) is 13.1. The van der Waals surface area contributed by atoms with Crippen molar-refractivity contribution >= 4 is 5.91 Å². The van der Waals surface area contributed by atoms with E-state index in [1.165, 1.54) is 0 Å². The molecule has 1 atom stereocenters. The highest BCUT2D eigenvalue weighted by molar-refractivity contribution is 5.85. The highest BCUT2D eigenvalue weighted by atomic mass is 16.5. The molecule has 1 saturated heterocycles. The van der Waals surface area contributed by atoms with Crippen LogP contribution in [0.25, 0.3) is 0 Å². The molecular formula is C14H20N2O2. The van der Waals surface area contributed by atoms with Crippen LogP contribution >= 0.6 is 0 Å². The van der Waals surface area contributed by atoms with Crippen LogP contribution in [0.2, 0.25) is 0 Å². The van der Waals surface area contributed by atoms with Gasteiger partial charge in [-0.15, -0.1) is 0 Å². The lowest BCUT2D eigenvalue weighted by Crippen LogP contribution is -2.31. The van der Waals surface area contributed by atoms with E-state index in [9.17, 15) is 4.79 Å². The average Bonchev–Trinajstić information content (AvgIpc) is 2.72. The average molecular weight is 248 g/mol. The molecule has 1 fully saturated rings. The summed E-state index contributed by atoms with van der Waals surface area (Å²) in [4.78, 5) is 14.0. The lowest BCUT2D eigenvalue weighted by Gasteiger charge is -2.16. The van der Waals surface area contributed by atoms with Gasteiger partial charge in [-0.2, -0.15) is 0 Å². The van der Waals surface area contributed by atoms with Gasteiger partial charge in [0.25, 0.3) is 0 Å². The molecule has 0 spiro atoms. The van der Waals surface area contributed by atoms with E-state index in [2.05, 4.69) is 5.32 Å². The fourth-order valence-electron chi connectivity index (χ4n) is 2.04. The van der Waals surface area contributed by atoms with Crippen LogP contribution in [0.15, 0.2) is 30.3 Å². The zero-order chi connectivity index (χ0) is 13.0. The van der Waals surface area contributed by atoms with E-state index >= 15 is 0 Å². The van der Waals surface area contributed by atoms with E-state index in [0.717, 1.165) is 5.56 Å². The number of hydrogen-bond acceptors (Lipinski definition) is 3. The van der Waals surface area contributed by atoms with Gasteiger partial charge in [0.15, 0.2) is 0 Å². The first-order valence-electron chi connectivity index (χ1n) is 6.37. The van der Waals surface area contributed by atoms with Gasteiger partial charge in [-0.25, -0.2) is 0 Å². The van der Waals surface area contributed by atoms with Crippen LogP contribution in [0.4, 0.5) is 0 Å². The fraction of sp³-hybridized carbons (Fsp3) is 0.500. The van der Waals surface area contributed by atoms with E-state index in [0.29, 0.717) is 19.8 Å². The third-order valence-corrected chi connectivity index (χ3v) is 2.99. The van der Waals surface area contributed by atoms with Gasteiger partial charge in [0.05, 0.1) is 19.4 Å². The molecule has 4 nitrogen and oxygen atoms in total. The molecule has 1 heterocycles. The molecule has 4 heteroatoms. The van der Waals surface area contributed by atoms with Crippen LogP contribution in [0.5, 0.6) is 0 Å². The molecule has 0 bridgehead atoms. The maximum atomic E-state index is 12.2. The van der Waals surface area contributed by atoms with Crippen molar-refractivity contribution in [3.05, 3.63) is 35.9 Å². The lowest BCUT2D eigenvalue weighted by molar-refractivity contribution is -0.129. The molecule has 1 N–H and O–H groups in total. The highest BCUT2D eigenvalue weighted by Crippen LogP contribution is 2.19. The van der Waals surface area contributed by atoms with E-state index in [1.54, 1.807) is 4.90 Å². The van der Waals surface area contributed by atoms with E-state index in [-0.39, 0.29) is 18.1 Å². The summed E-state index contributed by atoms with van der Waals surface area (Å²) in [6, 6.07) is 9.61. The summed E-state index contributed by atoms with van der Waals surface area (Å²) in [5, 5.41) is 3.23. The van der Waals surface area contributed by atoms with Crippen molar-refractivity contribution in [2.45, 2.75) is 26.0 Å². The third-order valence-electron chi connectivity index (χ3n) is 2.99. The van der Waals surface area contributed by atoms with Gasteiger partial charge in [-0.05, 0) is 19.4 Å². The number of benzene rings is 1. The first-order valence-corrected chi connectivity index (χ1v) is 6.37. The Morgan fingerprint density at radius 2 is 2.11 bits per heavy atom. The Hall–Kier alpha value is -1.39. The number of carbonyl (C=O) groups excluding carboxylic acids is 1. The fourth-order valence-corrected chi connectivity index (χ4v) is 2.04. The lowest BCUT2D eigenvalue weighted by atomic mass is 10.1. The molecule has 2 rings (SSSR count). The van der Waals surface area contributed by atoms with Crippen molar-refractivity contribution < 1.29 is 9.53 Å². The number of ether oxygens (including phenoxy) is 1. The van der Waals surface area contributed by atoms with Crippen LogP contribution in [-0.2, 0) is 9.53 Å². The molecule has 0 radical (unpaired) electrons. The standard InChI is InChI=1S/C14H20N2O2/c1-11(2)18-9-8-16-10-15-13(14(16)17)12-6-4-3-5-7-12/h3-7,11,13,15H,8-10H2,1-2H3. The van der Waals surface area contributed by atoms with Crippen LogP contribution < -0.4 is 5.32 Å². The summed E-state index contributed by atoms with van der Waals surface area (Å²) in [6.45, 7) is 5.83. The molecular weight excluding hydrogens is 228 g/mol. The van der Waals surface area contributed by atoms with Crippen molar-refractivity contribution in [2.75, 3.05) is 19.8 Å². The van der Waals surface area contributed by atoms with Gasteiger partial charge in [0, 0.05) is 6.54 Å². The van der Waals surface area contributed by atoms with Crippen LogP contribution in [0.1, 0.15) is 25.5 Å². The Morgan fingerprint density at radius 3 is 2.78 bits per heavy atom. The van der Waals surface area contributed by atoms with Gasteiger partial charge >= 0.3 is 0 Å². The number of rotatable bonds is 5. The molecule has 0 saturated carbocycles. The Balaban J connectivity index is 1.89. The van der Waals surface area contributed by atoms with Crippen molar-refractivity contribution in [3.63, 3.8) is 0 Å². The summed E-state index contributed by atoms with van der Waals surface area (Å²) in [7, 11) is 0. The van der Waals surface area contributed by atoms with Crippen molar-refractivity contribution in [2.24, 2.45) is 0 Å². The molecule has 1 aromatic rings. The quantitative estimate of drug-likeness (QED) is 0.859. The minimum Gasteiger partial charge on any atom is -0.377 e. The zero-order valence-electron chi connectivity index (χ0n) is 10.9. The summed E-state index contributed by atoms with van der Waals surface area (Å²) in [5.74, 6) is 0.133. The maximum absolute atomic E-state index is 12.2. The minimum absolute atomic E-state index is 0.133. The second-order valence-corrected chi connectivity index (χ2v) is 4.73. The van der Waals surface area contributed by atoms with Crippen LogP contribution in [0.3, 0.4) is 0 Å². The molecule has 1 unspecified atom stereocenters. The van der Waals surface area contributed by atoms with Crippen LogP contribution in [0, 0.1) is 0 Å². The normalized spacial score (nSPS) is 19.8. The van der Waals surface area contributed by atoms with E-state index < -0.39 is 0 Å². The summed E-state index contributed by atoms with van der Waals surface area (Å²) in [5.41, 5.74) is 1.02. The molecule has 18 heavy (non-hydrogen) atoms. The van der Waals surface area contributed by atoms with E-state index in [4.69, 9.17) is 4.74 Å². The molecule has 0 aromatic heterocycles. The van der Waals surface area contributed by atoms with Gasteiger partial charge in [-0.1, -0.05) is 30.3 Å². The van der Waals surface area contributed by atoms with Gasteiger partial charge in [0.2, 0.25) is 5.91 Å². The van der Waals surface area contributed by atoms with Crippen molar-refractivity contribution in [1.29, 1.82) is 0 Å². The second kappa shape index (κ2) is 5.98. The summed E-state index contributed by atoms with van der Waals surface area (Å²) in [6.07, 6.45) is 0.209. The van der Waals surface area contributed by atoms with Crippen molar-refractivity contribution in [1.82, 2.24) is 10.2 Å². The van der Waals surface area contributed by atoms with Gasteiger partial charge in [0.1, 0.15) is 6.04 Å². The Kier molecular flexibility index (Phi) is 4.33. The van der Waals surface area contributed by atoms with Crippen molar-refractivity contribution in [3.8, 4) is 0 Å². The first-order chi connectivity index (χ1) is 8.68. The number of amides is 1. The van der Waals surface area contributed by atoms with Crippen LogP contribution in [-0.4, -0.2) is 36.7 Å². The Morgan fingerprint density at radius 1 is 1.39 bits per heavy atom. The maximum Gasteiger partial charge on any atom is 0.245 e. The summed E-state index contributed by atoms with van der Waals surface area (Å²) >= 11 is 0. The Labute approximate surface area is 108 Å². The molecule has 0 aliphatic carbocycles. The third kappa shape index (κ3) is 3.09. The second-order valence-electron chi connectivity index (χ2n) is 4.73. The largest absolute Gasteiger partial charge is 0.377 e. The molecule has 1 aromatic carbocycles. The van der Waals surface area contributed by atoms with E-state index in [1.807, 2.05) is 44.2 Å². The number of hydrogen-bond donors (Lipinski definition) is 1. The summed E-state index contributed by atoms with van der Waals surface area (Å²) < 4.78 is 5.47. The smallest absolute Gasteiger partial charge is 0.245 e. The van der Waals surface area contributed by atoms with Gasteiger partial charge in [-0.3, -0.25) is 10.1 Å². The highest BCUT2D eigenvalue weighted by Gasteiger charge is 2.31. The predicted octanol–water partition coefficient (Wildman–Crippen LogP) is 1.54. The monoisotopic (exact) mass is 248 g/mol. The zero-order valence-corrected chi connectivity index (χ0v) is 10.9. The molecule has 1 aliphatic heterocycles. The van der Waals surface area contributed by atoms with Gasteiger partial charge < -0.3 is 9.64 Å².